The van der Waals surface area contributed by atoms with E-state index in [4.69, 9.17) is 0 Å². The van der Waals surface area contributed by atoms with E-state index in [-0.39, 0.29) is 16.8 Å². The van der Waals surface area contributed by atoms with E-state index in [0.717, 1.165) is 35.8 Å². The lowest BCUT2D eigenvalue weighted by Crippen LogP contribution is -2.54. The Morgan fingerprint density at radius 1 is 1.09 bits per heavy atom. The monoisotopic (exact) mass is 594 g/mol. The molecular formula is C30H29F3N6O4. The number of pyridine rings is 1. The second-order valence-corrected chi connectivity index (χ2v) is 11.1. The molecule has 224 valence electrons. The number of carbonyl (C=O) groups is 1. The summed E-state index contributed by atoms with van der Waals surface area (Å²) < 4.78 is 45.9. The number of hydrogen-bond donors (Lipinski definition) is 1. The molecule has 13 heteroatoms. The molecular weight excluding hydrogens is 565 g/mol. The third-order valence-electron chi connectivity index (χ3n) is 8.17. The van der Waals surface area contributed by atoms with Gasteiger partial charge in [-0.2, -0.15) is 4.73 Å². The molecule has 10 nitrogen and oxygen atoms in total. The molecule has 1 aliphatic carbocycles. The van der Waals surface area contributed by atoms with Crippen LogP contribution < -0.4 is 20.3 Å². The van der Waals surface area contributed by atoms with Crippen molar-refractivity contribution in [1.82, 2.24) is 19.4 Å². The molecule has 4 aromatic rings. The Labute approximate surface area is 244 Å². The number of likely N-dealkylation sites (N-methyl/N-ethyl adjacent to an activating group) is 1. The Morgan fingerprint density at radius 3 is 2.51 bits per heavy atom. The van der Waals surface area contributed by atoms with Crippen LogP contribution in [0.25, 0.3) is 27.7 Å². The van der Waals surface area contributed by atoms with Gasteiger partial charge in [-0.3, -0.25) is 19.1 Å². The lowest BCUT2D eigenvalue weighted by Gasteiger charge is -2.37. The van der Waals surface area contributed by atoms with Gasteiger partial charge in [-0.15, -0.1) is 13.2 Å². The molecule has 0 radical (unpaired) electrons. The van der Waals surface area contributed by atoms with Crippen molar-refractivity contribution in [3.05, 3.63) is 82.3 Å². The SMILES string of the molecule is Cc1c[n+]([O-])ccc1-c1ccc2c(=O)n(-c3ccc(OC(F)(F)F)c(NC(=O)C4(N5CCN(C)CC5)CC4)c3)cnc2c1. The van der Waals surface area contributed by atoms with Gasteiger partial charge < -0.3 is 20.2 Å². The molecule has 1 amide bonds. The van der Waals surface area contributed by atoms with Crippen LogP contribution in [0.15, 0.2) is 66.0 Å². The van der Waals surface area contributed by atoms with Crippen LogP contribution in [0.2, 0.25) is 0 Å². The first kappa shape index (κ1) is 28.6. The van der Waals surface area contributed by atoms with Gasteiger partial charge in [0.15, 0.2) is 18.1 Å². The van der Waals surface area contributed by atoms with E-state index in [2.05, 4.69) is 24.8 Å². The van der Waals surface area contributed by atoms with Crippen LogP contribution in [0.4, 0.5) is 18.9 Å². The van der Waals surface area contributed by atoms with Crippen LogP contribution >= 0.6 is 0 Å². The minimum Gasteiger partial charge on any atom is -0.619 e. The molecule has 1 aliphatic heterocycles. The molecule has 2 aromatic carbocycles. The molecule has 0 bridgehead atoms. The molecule has 1 saturated carbocycles. The standard InChI is InChI=1S/C30H29F3N6O4/c1-19-17-38(42)10-7-22(19)20-3-5-23-24(15-20)34-18-39(27(23)40)21-4-6-26(43-30(31,32)33)25(16-21)35-28(41)29(8-9-29)37-13-11-36(2)12-14-37/h3-7,10,15-18H,8-9,11-14H2,1-2H3,(H,35,41). The lowest BCUT2D eigenvalue weighted by molar-refractivity contribution is -0.605. The number of benzene rings is 2. The topological polar surface area (TPSA) is 107 Å². The third kappa shape index (κ3) is 5.65. The van der Waals surface area contributed by atoms with Gasteiger partial charge in [0.05, 0.1) is 22.3 Å². The molecule has 0 atom stereocenters. The van der Waals surface area contributed by atoms with Crippen LogP contribution in [0.3, 0.4) is 0 Å². The zero-order chi connectivity index (χ0) is 30.5. The van der Waals surface area contributed by atoms with Crippen molar-refractivity contribution >= 4 is 22.5 Å². The highest BCUT2D eigenvalue weighted by Gasteiger charge is 2.55. The smallest absolute Gasteiger partial charge is 0.573 e. The Balaban J connectivity index is 1.34. The first-order valence-corrected chi connectivity index (χ1v) is 13.8. The molecule has 2 fully saturated rings. The average Bonchev–Trinajstić information content (AvgIpc) is 3.76. The van der Waals surface area contributed by atoms with Gasteiger partial charge in [0.25, 0.3) is 5.56 Å². The van der Waals surface area contributed by atoms with Gasteiger partial charge in [-0.1, -0.05) is 6.07 Å². The number of rotatable bonds is 6. The van der Waals surface area contributed by atoms with Crippen molar-refractivity contribution in [2.45, 2.75) is 31.7 Å². The van der Waals surface area contributed by atoms with E-state index in [0.29, 0.717) is 36.2 Å². The van der Waals surface area contributed by atoms with Gasteiger partial charge in [0, 0.05) is 37.8 Å². The fraction of sp³-hybridized carbons (Fsp3) is 0.333. The fourth-order valence-electron chi connectivity index (χ4n) is 5.64. The Hall–Kier alpha value is -4.49. The van der Waals surface area contributed by atoms with E-state index < -0.39 is 29.1 Å². The van der Waals surface area contributed by atoms with E-state index in [1.807, 2.05) is 7.05 Å². The van der Waals surface area contributed by atoms with Crippen LogP contribution in [0.1, 0.15) is 18.4 Å². The maximum Gasteiger partial charge on any atom is 0.573 e. The molecule has 2 aromatic heterocycles. The van der Waals surface area contributed by atoms with Crippen LogP contribution in [0.5, 0.6) is 5.75 Å². The number of anilines is 1. The maximum atomic E-state index is 13.5. The molecule has 0 unspecified atom stereocenters. The lowest BCUT2D eigenvalue weighted by atomic mass is 10.0. The van der Waals surface area contributed by atoms with Crippen molar-refractivity contribution in [2.75, 3.05) is 38.5 Å². The van der Waals surface area contributed by atoms with Crippen molar-refractivity contribution in [3.8, 4) is 22.6 Å². The highest BCUT2D eigenvalue weighted by molar-refractivity contribution is 6.01. The number of alkyl halides is 3. The Bertz CT molecular complexity index is 1780. The van der Waals surface area contributed by atoms with E-state index >= 15 is 0 Å². The molecule has 1 N–H and O–H groups in total. The summed E-state index contributed by atoms with van der Waals surface area (Å²) in [7, 11) is 2.00. The second-order valence-electron chi connectivity index (χ2n) is 11.1. The number of ether oxygens (including phenoxy) is 1. The minimum atomic E-state index is -4.99. The van der Waals surface area contributed by atoms with Crippen LogP contribution in [-0.4, -0.2) is 70.4 Å². The summed E-state index contributed by atoms with van der Waals surface area (Å²) in [5, 5.41) is 14.5. The van der Waals surface area contributed by atoms with Crippen molar-refractivity contribution < 1.29 is 27.4 Å². The molecule has 43 heavy (non-hydrogen) atoms. The number of halogens is 3. The largest absolute Gasteiger partial charge is 0.619 e. The number of fused-ring (bicyclic) bond motifs is 1. The van der Waals surface area contributed by atoms with Crippen LogP contribution in [0, 0.1) is 12.1 Å². The average molecular weight is 595 g/mol. The van der Waals surface area contributed by atoms with E-state index in [1.54, 1.807) is 31.2 Å². The van der Waals surface area contributed by atoms with Crippen LogP contribution in [-0.2, 0) is 4.79 Å². The summed E-state index contributed by atoms with van der Waals surface area (Å²) >= 11 is 0. The normalized spacial score (nSPS) is 17.1. The molecule has 3 heterocycles. The quantitative estimate of drug-likeness (QED) is 0.269. The molecule has 0 spiro atoms. The van der Waals surface area contributed by atoms with E-state index in [1.165, 1.54) is 35.4 Å². The highest BCUT2D eigenvalue weighted by Crippen LogP contribution is 2.44. The zero-order valence-corrected chi connectivity index (χ0v) is 23.5. The number of amides is 1. The van der Waals surface area contributed by atoms with Crippen molar-refractivity contribution in [3.63, 3.8) is 0 Å². The summed E-state index contributed by atoms with van der Waals surface area (Å²) in [6.07, 6.45) is 0.343. The number of nitrogens with one attached hydrogen (secondary N) is 1. The Morgan fingerprint density at radius 2 is 1.84 bits per heavy atom. The summed E-state index contributed by atoms with van der Waals surface area (Å²) in [5.74, 6) is -0.987. The summed E-state index contributed by atoms with van der Waals surface area (Å²) in [6, 6.07) is 10.4. The predicted molar refractivity (Wildman–Crippen MR) is 153 cm³/mol. The van der Waals surface area contributed by atoms with Gasteiger partial charge in [-0.05, 0) is 68.3 Å². The number of aromatic nitrogens is 3. The first-order chi connectivity index (χ1) is 20.4. The van der Waals surface area contributed by atoms with Crippen molar-refractivity contribution in [1.29, 1.82) is 0 Å². The number of aryl methyl sites for hydroxylation is 1. The fourth-order valence-corrected chi connectivity index (χ4v) is 5.64. The van der Waals surface area contributed by atoms with Gasteiger partial charge >= 0.3 is 6.36 Å². The molecule has 1 saturated heterocycles. The zero-order valence-electron chi connectivity index (χ0n) is 23.5. The summed E-state index contributed by atoms with van der Waals surface area (Å²) in [4.78, 5) is 35.6. The molecule has 6 rings (SSSR count). The van der Waals surface area contributed by atoms with Crippen molar-refractivity contribution in [2.24, 2.45) is 0 Å². The van der Waals surface area contributed by atoms with Gasteiger partial charge in [-0.25, -0.2) is 4.98 Å². The van der Waals surface area contributed by atoms with Gasteiger partial charge in [0.1, 0.15) is 11.9 Å². The molecule has 2 aliphatic rings. The summed E-state index contributed by atoms with van der Waals surface area (Å²) in [5.41, 5.74) is 1.52. The highest BCUT2D eigenvalue weighted by atomic mass is 19.4. The summed E-state index contributed by atoms with van der Waals surface area (Å²) in [6.45, 7) is 4.74. The number of nitrogens with zero attached hydrogens (tertiary/aromatic N) is 5. The predicted octanol–water partition coefficient (Wildman–Crippen LogP) is 3.61. The number of piperazine rings is 1. The third-order valence-corrected chi connectivity index (χ3v) is 8.17. The van der Waals surface area contributed by atoms with E-state index in [9.17, 15) is 28.0 Å². The maximum absolute atomic E-state index is 13.5. The van der Waals surface area contributed by atoms with Gasteiger partial charge in [0.2, 0.25) is 5.91 Å². The first-order valence-electron chi connectivity index (χ1n) is 13.8. The second kappa shape index (κ2) is 10.7. The number of hydrogen-bond acceptors (Lipinski definition) is 7. The minimum absolute atomic E-state index is 0.197. The Kier molecular flexibility index (Phi) is 7.09. The number of carbonyl (C=O) groups excluding carboxylic acids is 1.